The summed E-state index contributed by atoms with van der Waals surface area (Å²) in [5, 5.41) is 3.67. The minimum Gasteiger partial charge on any atom is -0.352 e. The highest BCUT2D eigenvalue weighted by Crippen LogP contribution is 2.33. The van der Waals surface area contributed by atoms with Crippen LogP contribution in [0, 0.1) is 5.82 Å². The third kappa shape index (κ3) is 3.71. The number of nitrogens with zero attached hydrogens (tertiary/aromatic N) is 4. The molecule has 29 heavy (non-hydrogen) atoms. The topological polar surface area (TPSA) is 61.4 Å². The van der Waals surface area contributed by atoms with Gasteiger partial charge in [-0.05, 0) is 36.4 Å². The second kappa shape index (κ2) is 7.85. The van der Waals surface area contributed by atoms with Crippen LogP contribution in [0.5, 0.6) is 0 Å². The number of nitrogens with one attached hydrogen (secondary N) is 1. The zero-order valence-electron chi connectivity index (χ0n) is 15.2. The second-order valence-electron chi connectivity index (χ2n) is 6.48. The van der Waals surface area contributed by atoms with E-state index in [9.17, 15) is 9.18 Å². The lowest BCUT2D eigenvalue weighted by Crippen LogP contribution is -2.29. The maximum absolute atomic E-state index is 14.4. The number of benzene rings is 2. The van der Waals surface area contributed by atoms with E-state index in [-0.39, 0.29) is 21.6 Å². The van der Waals surface area contributed by atoms with E-state index < -0.39 is 5.82 Å². The van der Waals surface area contributed by atoms with Crippen LogP contribution in [0.15, 0.2) is 49.3 Å². The molecule has 0 spiro atoms. The van der Waals surface area contributed by atoms with Gasteiger partial charge in [-0.15, -0.1) is 0 Å². The van der Waals surface area contributed by atoms with Crippen molar-refractivity contribution in [3.8, 4) is 0 Å². The van der Waals surface area contributed by atoms with Gasteiger partial charge in [0.05, 0.1) is 27.9 Å². The van der Waals surface area contributed by atoms with Crippen molar-refractivity contribution in [2.24, 2.45) is 0 Å². The zero-order valence-corrected chi connectivity index (χ0v) is 16.7. The van der Waals surface area contributed by atoms with Gasteiger partial charge in [0.15, 0.2) is 5.82 Å². The molecule has 1 amide bonds. The summed E-state index contributed by atoms with van der Waals surface area (Å²) in [6, 6.07) is 8.72. The minimum atomic E-state index is -0.653. The van der Waals surface area contributed by atoms with Gasteiger partial charge in [0.25, 0.3) is 0 Å². The molecule has 0 atom stereocenters. The van der Waals surface area contributed by atoms with Crippen LogP contribution in [-0.4, -0.2) is 40.5 Å². The molecule has 1 aliphatic heterocycles. The molecule has 0 aliphatic carbocycles. The Morgan fingerprint density at radius 1 is 1.21 bits per heavy atom. The molecule has 2 heterocycles. The van der Waals surface area contributed by atoms with Gasteiger partial charge in [0, 0.05) is 24.2 Å². The van der Waals surface area contributed by atoms with Crippen LogP contribution < -0.4 is 10.2 Å². The molecule has 6 nitrogen and oxygen atoms in total. The lowest BCUT2D eigenvalue weighted by molar-refractivity contribution is -0.124. The van der Waals surface area contributed by atoms with Crippen LogP contribution in [0.2, 0.25) is 10.0 Å². The Hall–Kier alpha value is -2.90. The van der Waals surface area contributed by atoms with Gasteiger partial charge in [-0.2, -0.15) is 0 Å². The lowest BCUT2D eigenvalue weighted by Gasteiger charge is -2.20. The normalized spacial score (nSPS) is 13.8. The molecular weight excluding hydrogens is 416 g/mol. The van der Waals surface area contributed by atoms with E-state index in [2.05, 4.69) is 26.8 Å². The Morgan fingerprint density at radius 2 is 2.03 bits per heavy atom. The Morgan fingerprint density at radius 3 is 2.83 bits per heavy atom. The van der Waals surface area contributed by atoms with Crippen LogP contribution in [0.4, 0.5) is 21.6 Å². The molecule has 1 aliphatic rings. The summed E-state index contributed by atoms with van der Waals surface area (Å²) in [5.74, 6) is -0.318. The summed E-state index contributed by atoms with van der Waals surface area (Å²) in [5.41, 5.74) is 1.77. The van der Waals surface area contributed by atoms with Crippen LogP contribution in [0.3, 0.4) is 0 Å². The number of carbonyl (C=O) groups is 1. The highest BCUT2D eigenvalue weighted by atomic mass is 35.5. The van der Waals surface area contributed by atoms with E-state index in [0.29, 0.717) is 36.5 Å². The first-order valence-corrected chi connectivity index (χ1v) is 9.55. The molecule has 0 bridgehead atoms. The zero-order chi connectivity index (χ0) is 20.5. The number of aromatic nitrogens is 2. The van der Waals surface area contributed by atoms with E-state index >= 15 is 0 Å². The summed E-state index contributed by atoms with van der Waals surface area (Å²) in [6.45, 7) is 5.31. The van der Waals surface area contributed by atoms with Crippen molar-refractivity contribution in [1.29, 1.82) is 0 Å². The Balaban J connectivity index is 1.68. The van der Waals surface area contributed by atoms with Gasteiger partial charge in [0.1, 0.15) is 12.1 Å². The molecule has 148 valence electrons. The summed E-state index contributed by atoms with van der Waals surface area (Å²) in [7, 11) is 0. The van der Waals surface area contributed by atoms with E-state index in [0.717, 1.165) is 5.69 Å². The highest BCUT2D eigenvalue weighted by molar-refractivity contribution is 6.42. The predicted molar refractivity (Wildman–Crippen MR) is 113 cm³/mol. The van der Waals surface area contributed by atoms with Gasteiger partial charge in [-0.1, -0.05) is 29.8 Å². The Bertz CT molecular complexity index is 1120. The number of fused-ring (bicyclic) bond motifs is 1. The van der Waals surface area contributed by atoms with Crippen molar-refractivity contribution >= 4 is 57.2 Å². The number of rotatable bonds is 4. The van der Waals surface area contributed by atoms with Crippen molar-refractivity contribution in [2.45, 2.75) is 0 Å². The molecule has 1 aromatic heterocycles. The van der Waals surface area contributed by atoms with Gasteiger partial charge in [-0.3, -0.25) is 4.79 Å². The smallest absolute Gasteiger partial charge is 0.247 e. The maximum atomic E-state index is 14.4. The fraction of sp³-hybridized carbons (Fsp3) is 0.150. The quantitative estimate of drug-likeness (QED) is 0.482. The van der Waals surface area contributed by atoms with Gasteiger partial charge in [-0.25, -0.2) is 14.4 Å². The van der Waals surface area contributed by atoms with Crippen molar-refractivity contribution in [2.75, 3.05) is 30.0 Å². The SMILES string of the molecule is C=CC(=O)N1CCN(c2ccc3ncnc(Nc4ccc(Cl)c(Cl)c4F)c3c2)C1. The van der Waals surface area contributed by atoms with Crippen LogP contribution in [0.25, 0.3) is 10.9 Å². The van der Waals surface area contributed by atoms with E-state index in [1.165, 1.54) is 24.5 Å². The van der Waals surface area contributed by atoms with Crippen molar-refractivity contribution in [3.05, 3.63) is 65.2 Å². The van der Waals surface area contributed by atoms with Crippen molar-refractivity contribution in [3.63, 3.8) is 0 Å². The van der Waals surface area contributed by atoms with Crippen molar-refractivity contribution in [1.82, 2.24) is 14.9 Å². The van der Waals surface area contributed by atoms with Gasteiger partial charge in [0.2, 0.25) is 5.91 Å². The number of halogens is 3. The average molecular weight is 432 g/mol. The second-order valence-corrected chi connectivity index (χ2v) is 7.27. The average Bonchev–Trinajstić information content (AvgIpc) is 3.24. The number of hydrogen-bond acceptors (Lipinski definition) is 5. The van der Waals surface area contributed by atoms with Crippen LogP contribution in [0.1, 0.15) is 0 Å². The fourth-order valence-corrected chi connectivity index (χ4v) is 3.51. The third-order valence-corrected chi connectivity index (χ3v) is 5.52. The maximum Gasteiger partial charge on any atom is 0.247 e. The highest BCUT2D eigenvalue weighted by Gasteiger charge is 2.23. The van der Waals surface area contributed by atoms with Crippen molar-refractivity contribution < 1.29 is 9.18 Å². The van der Waals surface area contributed by atoms with E-state index in [1.54, 1.807) is 4.90 Å². The molecule has 4 rings (SSSR count). The standard InChI is InChI=1S/C20H16Cl2FN5O/c1-2-17(29)28-8-7-27(11-28)12-3-5-15-13(9-12)20(25-10-24-15)26-16-6-4-14(21)18(22)19(16)23/h2-6,9-10H,1,7-8,11H2,(H,24,25,26). The van der Waals surface area contributed by atoms with Gasteiger partial charge >= 0.3 is 0 Å². The van der Waals surface area contributed by atoms with E-state index in [1.807, 2.05) is 18.2 Å². The van der Waals surface area contributed by atoms with Gasteiger partial charge < -0.3 is 15.1 Å². The molecule has 0 radical (unpaired) electrons. The molecule has 0 saturated carbocycles. The summed E-state index contributed by atoms with van der Waals surface area (Å²) in [4.78, 5) is 24.1. The molecule has 1 N–H and O–H groups in total. The Kier molecular flexibility index (Phi) is 5.25. The molecular formula is C20H16Cl2FN5O. The Labute approximate surface area is 176 Å². The fourth-order valence-electron chi connectivity index (χ4n) is 3.20. The molecule has 2 aromatic carbocycles. The summed E-state index contributed by atoms with van der Waals surface area (Å²) < 4.78 is 14.4. The van der Waals surface area contributed by atoms with Crippen LogP contribution in [-0.2, 0) is 4.79 Å². The lowest BCUT2D eigenvalue weighted by atomic mass is 10.2. The summed E-state index contributed by atoms with van der Waals surface area (Å²) in [6.07, 6.45) is 2.71. The molecule has 1 saturated heterocycles. The number of amides is 1. The largest absolute Gasteiger partial charge is 0.352 e. The summed E-state index contributed by atoms with van der Waals surface area (Å²) >= 11 is 11.8. The molecule has 3 aromatic rings. The minimum absolute atomic E-state index is 0.103. The first kappa shape index (κ1) is 19.4. The molecule has 1 fully saturated rings. The number of carbonyl (C=O) groups excluding carboxylic acids is 1. The van der Waals surface area contributed by atoms with E-state index in [4.69, 9.17) is 23.2 Å². The first-order valence-electron chi connectivity index (χ1n) is 8.79. The van der Waals surface area contributed by atoms with Crippen LogP contribution >= 0.6 is 23.2 Å². The number of hydrogen-bond donors (Lipinski definition) is 1. The third-order valence-electron chi connectivity index (χ3n) is 4.74. The number of anilines is 3. The molecule has 9 heteroatoms. The first-order chi connectivity index (χ1) is 14.0. The molecule has 0 unspecified atom stereocenters. The predicted octanol–water partition coefficient (Wildman–Crippen LogP) is 4.61. The monoisotopic (exact) mass is 431 g/mol.